The lowest BCUT2D eigenvalue weighted by Gasteiger charge is -2.22. The summed E-state index contributed by atoms with van der Waals surface area (Å²) in [5.74, 6) is 0.664. The van der Waals surface area contributed by atoms with Crippen LogP contribution < -0.4 is 4.72 Å². The SMILES string of the molecule is O=S(=O)(Nc1ncnc(Cl)c1Cc1ccccc1Cl)c1ccc(C2CCCCC2)cc1. The maximum atomic E-state index is 13.0. The van der Waals surface area contributed by atoms with Crippen LogP contribution in [0.3, 0.4) is 0 Å². The normalized spacial score (nSPS) is 15.0. The first-order valence-electron chi connectivity index (χ1n) is 10.3. The minimum absolute atomic E-state index is 0.149. The molecule has 162 valence electrons. The van der Waals surface area contributed by atoms with E-state index in [1.165, 1.54) is 31.2 Å². The number of nitrogens with zero attached hydrogens (tertiary/aromatic N) is 2. The van der Waals surface area contributed by atoms with Crippen LogP contribution in [0.2, 0.25) is 10.2 Å². The zero-order valence-electron chi connectivity index (χ0n) is 16.9. The Hall–Kier alpha value is -2.15. The first kappa shape index (κ1) is 22.1. The number of nitrogens with one attached hydrogen (secondary N) is 1. The molecule has 1 saturated carbocycles. The third-order valence-electron chi connectivity index (χ3n) is 5.72. The second-order valence-electron chi connectivity index (χ2n) is 7.77. The molecule has 1 aliphatic rings. The number of anilines is 1. The highest BCUT2D eigenvalue weighted by Gasteiger charge is 2.21. The Morgan fingerprint density at radius 2 is 1.65 bits per heavy atom. The number of hydrogen-bond acceptors (Lipinski definition) is 4. The van der Waals surface area contributed by atoms with E-state index in [-0.39, 0.29) is 15.9 Å². The van der Waals surface area contributed by atoms with E-state index in [0.29, 0.717) is 22.9 Å². The summed E-state index contributed by atoms with van der Waals surface area (Å²) in [4.78, 5) is 8.33. The van der Waals surface area contributed by atoms with Crippen LogP contribution in [0.25, 0.3) is 0 Å². The highest BCUT2D eigenvalue weighted by molar-refractivity contribution is 7.92. The minimum Gasteiger partial charge on any atom is -0.263 e. The molecule has 31 heavy (non-hydrogen) atoms. The summed E-state index contributed by atoms with van der Waals surface area (Å²) in [5.41, 5.74) is 2.47. The molecule has 1 aliphatic carbocycles. The fourth-order valence-electron chi connectivity index (χ4n) is 4.01. The average molecular weight is 476 g/mol. The van der Waals surface area contributed by atoms with E-state index in [4.69, 9.17) is 23.2 Å². The molecule has 8 heteroatoms. The van der Waals surface area contributed by atoms with Crippen molar-refractivity contribution in [1.82, 2.24) is 9.97 Å². The average Bonchev–Trinajstić information content (AvgIpc) is 2.78. The standard InChI is InChI=1S/C23H23Cl2N3O2S/c24-21-9-5-4-8-18(21)14-20-22(25)26-15-27-23(20)28-31(29,30)19-12-10-17(11-13-19)16-6-2-1-3-7-16/h4-5,8-13,15-16H,1-3,6-7,14H2,(H,26,27,28). The minimum atomic E-state index is -3.83. The third kappa shape index (κ3) is 5.20. The van der Waals surface area contributed by atoms with Gasteiger partial charge in [-0.2, -0.15) is 0 Å². The summed E-state index contributed by atoms with van der Waals surface area (Å²) in [5, 5.41) is 0.745. The molecule has 0 atom stereocenters. The van der Waals surface area contributed by atoms with Gasteiger partial charge in [0.25, 0.3) is 10.0 Å². The van der Waals surface area contributed by atoms with Crippen LogP contribution in [0.5, 0.6) is 0 Å². The summed E-state index contributed by atoms with van der Waals surface area (Å²) < 4.78 is 28.6. The highest BCUT2D eigenvalue weighted by atomic mass is 35.5. The molecule has 5 nitrogen and oxygen atoms in total. The molecular weight excluding hydrogens is 453 g/mol. The van der Waals surface area contributed by atoms with Gasteiger partial charge in [0.15, 0.2) is 0 Å². The first-order chi connectivity index (χ1) is 14.9. The zero-order valence-corrected chi connectivity index (χ0v) is 19.2. The van der Waals surface area contributed by atoms with E-state index in [1.807, 2.05) is 30.3 Å². The van der Waals surface area contributed by atoms with E-state index in [2.05, 4.69) is 14.7 Å². The Labute approximate surface area is 192 Å². The van der Waals surface area contributed by atoms with E-state index in [0.717, 1.165) is 18.4 Å². The Morgan fingerprint density at radius 3 is 2.35 bits per heavy atom. The van der Waals surface area contributed by atoms with Crippen molar-refractivity contribution in [2.24, 2.45) is 0 Å². The molecule has 1 heterocycles. The highest BCUT2D eigenvalue weighted by Crippen LogP contribution is 2.33. The maximum Gasteiger partial charge on any atom is 0.263 e. The first-order valence-corrected chi connectivity index (χ1v) is 12.5. The summed E-state index contributed by atoms with van der Waals surface area (Å²) in [7, 11) is -3.83. The second-order valence-corrected chi connectivity index (χ2v) is 10.2. The molecule has 0 unspecified atom stereocenters. The van der Waals surface area contributed by atoms with Crippen molar-refractivity contribution in [2.45, 2.75) is 49.3 Å². The maximum absolute atomic E-state index is 13.0. The molecule has 0 aliphatic heterocycles. The van der Waals surface area contributed by atoms with Crippen LogP contribution in [0.4, 0.5) is 5.82 Å². The third-order valence-corrected chi connectivity index (χ3v) is 7.77. The van der Waals surface area contributed by atoms with Gasteiger partial charge in [-0.3, -0.25) is 4.72 Å². The summed E-state index contributed by atoms with van der Waals surface area (Å²) >= 11 is 12.5. The number of rotatable bonds is 6. The predicted molar refractivity (Wildman–Crippen MR) is 124 cm³/mol. The number of hydrogen-bond donors (Lipinski definition) is 1. The van der Waals surface area contributed by atoms with Gasteiger partial charge in [-0.25, -0.2) is 18.4 Å². The lowest BCUT2D eigenvalue weighted by atomic mass is 9.84. The topological polar surface area (TPSA) is 72.0 Å². The monoisotopic (exact) mass is 475 g/mol. The number of aromatic nitrogens is 2. The van der Waals surface area contributed by atoms with Gasteiger partial charge in [0.2, 0.25) is 0 Å². The number of sulfonamides is 1. The molecule has 0 amide bonds. The fourth-order valence-corrected chi connectivity index (χ4v) is 5.45. The van der Waals surface area contributed by atoms with Crippen molar-refractivity contribution in [1.29, 1.82) is 0 Å². The quantitative estimate of drug-likeness (QED) is 0.429. The van der Waals surface area contributed by atoms with Gasteiger partial charge in [0.05, 0.1) is 4.90 Å². The van der Waals surface area contributed by atoms with Crippen molar-refractivity contribution in [3.05, 3.63) is 81.7 Å². The smallest absolute Gasteiger partial charge is 0.263 e. The van der Waals surface area contributed by atoms with E-state index >= 15 is 0 Å². The lowest BCUT2D eigenvalue weighted by molar-refractivity contribution is 0.443. The largest absolute Gasteiger partial charge is 0.263 e. The number of halogens is 2. The van der Waals surface area contributed by atoms with Gasteiger partial charge < -0.3 is 0 Å². The van der Waals surface area contributed by atoms with Gasteiger partial charge in [-0.05, 0) is 48.1 Å². The Bertz CT molecular complexity index is 1160. The van der Waals surface area contributed by atoms with E-state index < -0.39 is 10.0 Å². The van der Waals surface area contributed by atoms with Crippen molar-refractivity contribution >= 4 is 39.0 Å². The van der Waals surface area contributed by atoms with Crippen LogP contribution in [-0.2, 0) is 16.4 Å². The molecule has 0 radical (unpaired) electrons. The van der Waals surface area contributed by atoms with Gasteiger partial charge in [0.1, 0.15) is 17.3 Å². The predicted octanol–water partition coefficient (Wildman–Crippen LogP) is 6.22. The molecule has 0 saturated heterocycles. The van der Waals surface area contributed by atoms with Crippen molar-refractivity contribution in [3.63, 3.8) is 0 Å². The van der Waals surface area contributed by atoms with Crippen molar-refractivity contribution in [3.8, 4) is 0 Å². The lowest BCUT2D eigenvalue weighted by Crippen LogP contribution is -2.16. The van der Waals surface area contributed by atoms with Gasteiger partial charge >= 0.3 is 0 Å². The Morgan fingerprint density at radius 1 is 0.935 bits per heavy atom. The molecule has 1 fully saturated rings. The van der Waals surface area contributed by atoms with Gasteiger partial charge in [0, 0.05) is 17.0 Å². The molecule has 0 spiro atoms. The van der Waals surface area contributed by atoms with E-state index in [9.17, 15) is 8.42 Å². The zero-order chi connectivity index (χ0) is 21.8. The molecular formula is C23H23Cl2N3O2S. The molecule has 4 rings (SSSR count). The summed E-state index contributed by atoms with van der Waals surface area (Å²) in [6.07, 6.45) is 7.61. The van der Waals surface area contributed by atoms with Crippen LogP contribution in [0.1, 0.15) is 54.7 Å². The molecule has 2 aromatic carbocycles. The molecule has 0 bridgehead atoms. The summed E-state index contributed by atoms with van der Waals surface area (Å²) in [6.45, 7) is 0. The Balaban J connectivity index is 1.58. The molecule has 1 aromatic heterocycles. The van der Waals surface area contributed by atoms with Gasteiger partial charge in [-0.15, -0.1) is 0 Å². The Kier molecular flexibility index (Phi) is 6.80. The second kappa shape index (κ2) is 9.55. The number of benzene rings is 2. The molecule has 3 aromatic rings. The van der Waals surface area contributed by atoms with Crippen LogP contribution in [0, 0.1) is 0 Å². The van der Waals surface area contributed by atoms with Crippen molar-refractivity contribution in [2.75, 3.05) is 4.72 Å². The van der Waals surface area contributed by atoms with Gasteiger partial charge in [-0.1, -0.05) is 72.8 Å². The van der Waals surface area contributed by atoms with Crippen LogP contribution >= 0.6 is 23.2 Å². The van der Waals surface area contributed by atoms with Crippen LogP contribution in [0.15, 0.2) is 59.8 Å². The molecule has 1 N–H and O–H groups in total. The fraction of sp³-hybridized carbons (Fsp3) is 0.304. The van der Waals surface area contributed by atoms with Crippen molar-refractivity contribution < 1.29 is 8.42 Å². The summed E-state index contributed by atoms with van der Waals surface area (Å²) in [6, 6.07) is 14.5. The van der Waals surface area contributed by atoms with E-state index in [1.54, 1.807) is 18.2 Å². The van der Waals surface area contributed by atoms with Crippen LogP contribution in [-0.4, -0.2) is 18.4 Å².